The van der Waals surface area contributed by atoms with E-state index in [-0.39, 0.29) is 99.1 Å². The lowest BCUT2D eigenvalue weighted by Gasteiger charge is -2.30. The molecular formula is C89H126N22O33S. The van der Waals surface area contributed by atoms with Crippen molar-refractivity contribution >= 4 is 170 Å². The highest BCUT2D eigenvalue weighted by Gasteiger charge is 2.43. The van der Waals surface area contributed by atoms with E-state index < -0.39 is 335 Å². The summed E-state index contributed by atoms with van der Waals surface area (Å²) in [5.41, 5.74) is 5.42. The van der Waals surface area contributed by atoms with Crippen LogP contribution in [0.3, 0.4) is 0 Å². The molecule has 796 valence electrons. The minimum Gasteiger partial charge on any atom is -0.481 e. The van der Waals surface area contributed by atoms with Gasteiger partial charge in [-0.05, 0) is 81.6 Å². The summed E-state index contributed by atoms with van der Waals surface area (Å²) in [6, 6.07) is -14.4. The maximum atomic E-state index is 15.1. The van der Waals surface area contributed by atoms with Crippen LogP contribution in [0, 0.1) is 17.2 Å². The number of fused-ring (bicyclic) bond motifs is 10. The van der Waals surface area contributed by atoms with Gasteiger partial charge in [-0.2, -0.15) is 0 Å². The quantitative estimate of drug-likeness (QED) is 0.0123. The minimum absolute atomic E-state index is 0.00358. The number of amides is 18. The van der Waals surface area contributed by atoms with Crippen LogP contribution in [0.1, 0.15) is 122 Å². The minimum atomic E-state index is -2.17. The Labute approximate surface area is 832 Å². The zero-order valence-corrected chi connectivity index (χ0v) is 81.0. The topological polar surface area (TPSA) is 847 Å². The van der Waals surface area contributed by atoms with E-state index in [2.05, 4.69) is 95.7 Å². The van der Waals surface area contributed by atoms with E-state index in [0.717, 1.165) is 37.0 Å². The van der Waals surface area contributed by atoms with Crippen LogP contribution in [-0.2, 0) is 133 Å². The average Bonchev–Trinajstić information content (AvgIpc) is 1.60. The Morgan fingerprint density at radius 3 is 1.46 bits per heavy atom. The second-order valence-electron chi connectivity index (χ2n) is 34.5. The van der Waals surface area contributed by atoms with Crippen molar-refractivity contribution < 1.29 is 161 Å². The maximum Gasteiger partial charge on any atom is 0.340 e. The number of carbonyl (C=O) groups excluding carboxylic acids is 20. The first-order valence-corrected chi connectivity index (χ1v) is 47.1. The number of nitrogens with one attached hydrogen (secondary N) is 19. The summed E-state index contributed by atoms with van der Waals surface area (Å²) in [6.07, 6.45) is -5.20. The number of hydrogen-bond donors (Lipinski definition) is 28. The predicted molar refractivity (Wildman–Crippen MR) is 504 cm³/mol. The second kappa shape index (κ2) is 59.1. The zero-order chi connectivity index (χ0) is 108. The molecule has 1 aromatic heterocycles. The average molecular weight is 2060 g/mol. The van der Waals surface area contributed by atoms with Gasteiger partial charge in [0, 0.05) is 61.5 Å². The standard InChI is InChI=1S/C89H126N22O33S/c1-43(2)30-53-75(130)102-55(33-68(124)125)77(132)100-52(24-26-67(122)123)86(141)110-29-15-22-62(110)84(139)95-36-65(119)96-49(21-14-27-92-89(90)91)72(127)94-34-63(117)93-35-64(118)97-54(31-45-16-8-7-9-17-45)76(131)104-59(40-115)81(136)105-57(38-113)79(134)99-51(23-25-66(120)121)73(128)103-56(37-112)78(133)98-50-20-12-13-28-111-71(48(88(142)144-6)32-69(126)143-5)46-18-10-11-19-47(46)87(111)145-42-61(108-85(140)70(44(3)4)109-74(50)129)83(138)107-60(41-116)82(137)106-58(39-114)80(135)101-53/h7-11,16-19,32,43-44,49-62,70,112-116H,12-15,20-31,33-42H2,1-6H3,(H,93,117)(H,94,127)(H,95,139)(H,96,119)(H,97,118)(H,98,133)(H,99,134)(H,100,132)(H,101,135)(H,102,130)(H,103,128)(H,104,131)(H,105,136)(H,106,137)(H,107,138)(H,108,140)(H,109,129)(H,120,121)(H,122,123)(H,124,125)(H4,90,91,92)/b48-32-/t49-,50-,51-,52-,53-,54-,55-,56-,57-,58-,59-,60-,61-,62-,70-/m0/s1. The summed E-state index contributed by atoms with van der Waals surface area (Å²) in [6.45, 7) is -3.73. The molecule has 15 atom stereocenters. The Balaban J connectivity index is 1.42. The first kappa shape index (κ1) is 119. The van der Waals surface area contributed by atoms with Gasteiger partial charge in [-0.25, -0.2) is 9.59 Å². The number of aromatic nitrogens is 1. The lowest BCUT2D eigenvalue weighted by molar-refractivity contribution is -0.144. The fourth-order valence-corrected chi connectivity index (χ4v) is 16.5. The number of thioether (sulfide) groups is 1. The van der Waals surface area contributed by atoms with Gasteiger partial charge in [0.1, 0.15) is 90.6 Å². The van der Waals surface area contributed by atoms with Crippen LogP contribution < -0.4 is 101 Å². The van der Waals surface area contributed by atoms with E-state index >= 15 is 9.59 Å². The van der Waals surface area contributed by atoms with E-state index in [4.69, 9.17) is 20.6 Å². The number of guanidine groups is 1. The van der Waals surface area contributed by atoms with Crippen LogP contribution in [0.15, 0.2) is 65.7 Å². The molecule has 4 heterocycles. The Bertz CT molecular complexity index is 5240. The maximum absolute atomic E-state index is 15.1. The summed E-state index contributed by atoms with van der Waals surface area (Å²) in [4.78, 5) is 322. The first-order valence-electron chi connectivity index (χ1n) is 46.1. The molecule has 56 heteroatoms. The number of nitrogens with zero attached hydrogens (tertiary/aromatic N) is 2. The van der Waals surface area contributed by atoms with Gasteiger partial charge < -0.3 is 161 Å². The highest BCUT2D eigenvalue weighted by Crippen LogP contribution is 2.39. The van der Waals surface area contributed by atoms with Crippen LogP contribution in [0.25, 0.3) is 16.3 Å². The summed E-state index contributed by atoms with van der Waals surface area (Å²) >= 11 is 0.847. The molecule has 2 saturated heterocycles. The molecule has 0 radical (unpaired) electrons. The number of carboxylic acid groups (broad SMARTS) is 3. The molecular weight excluding hydrogens is 1940 g/mol. The lowest BCUT2D eigenvalue weighted by Crippen LogP contribution is -2.62. The molecule has 2 bridgehead atoms. The number of carboxylic acids is 3. The molecule has 29 N–H and O–H groups in total. The van der Waals surface area contributed by atoms with E-state index in [0.29, 0.717) is 10.9 Å². The number of aliphatic hydroxyl groups excluding tert-OH is 5. The predicted octanol–water partition coefficient (Wildman–Crippen LogP) is -10.8. The number of aliphatic carboxylic acids is 3. The summed E-state index contributed by atoms with van der Waals surface area (Å²) in [5, 5.41) is 133. The number of benzene rings is 2. The number of nitrogens with two attached hydrogens (primary N) is 1. The number of methoxy groups -OCH3 is 2. The highest BCUT2D eigenvalue weighted by molar-refractivity contribution is 7.99. The monoisotopic (exact) mass is 2060 g/mol. The summed E-state index contributed by atoms with van der Waals surface area (Å²) in [7, 11) is 2.03. The van der Waals surface area contributed by atoms with Crippen LogP contribution in [0.4, 0.5) is 0 Å². The number of rotatable bonds is 25. The van der Waals surface area contributed by atoms with Crippen LogP contribution in [0.2, 0.25) is 0 Å². The molecule has 55 nitrogen and oxygen atoms in total. The number of hydrogen-bond acceptors (Lipinski definition) is 32. The lowest BCUT2D eigenvalue weighted by atomic mass is 10.0. The molecule has 145 heavy (non-hydrogen) atoms. The van der Waals surface area contributed by atoms with Crippen LogP contribution in [0.5, 0.6) is 0 Å². The molecule has 18 amide bonds. The van der Waals surface area contributed by atoms with Crippen molar-refractivity contribution in [2.45, 2.75) is 220 Å². The smallest absolute Gasteiger partial charge is 0.340 e. The van der Waals surface area contributed by atoms with Gasteiger partial charge in [-0.15, -0.1) is 11.8 Å². The molecule has 0 saturated carbocycles. The van der Waals surface area contributed by atoms with Gasteiger partial charge in [0.2, 0.25) is 106 Å². The molecule has 0 aliphatic carbocycles. The third-order valence-electron chi connectivity index (χ3n) is 22.7. The molecule has 0 unspecified atom stereocenters. The number of esters is 2. The van der Waals surface area contributed by atoms with Gasteiger partial charge in [-0.3, -0.25) is 106 Å². The van der Waals surface area contributed by atoms with Gasteiger partial charge in [0.05, 0.1) is 89.6 Å². The normalized spacial score (nSPS) is 24.5. The molecule has 2 fully saturated rings. The van der Waals surface area contributed by atoms with Crippen molar-refractivity contribution in [1.82, 2.24) is 105 Å². The van der Waals surface area contributed by atoms with E-state index in [1.807, 2.05) is 0 Å². The van der Waals surface area contributed by atoms with E-state index in [9.17, 15) is 142 Å². The summed E-state index contributed by atoms with van der Waals surface area (Å²) < 4.78 is 11.6. The van der Waals surface area contributed by atoms with Gasteiger partial charge >= 0.3 is 29.8 Å². The summed E-state index contributed by atoms with van der Waals surface area (Å²) in [5.74, 6) is -31.7. The SMILES string of the molecule is COC(=O)/C=C(\C(=O)OC)c1c2ccccc2c2n1CCCC[C@@H]1NC(=O)[C@H](CO)NC(=O)[C@H](CCC(=O)O)NC(=O)[C@H](CO)NC(=O)[C@H](CO)NC(=O)[C@H](Cc3ccccc3)NC(=O)CNC(=O)CNC(=O)[C@H](CCCNC(=N)N)NC(=O)CNC(=O)[C@@H]3CCCN3C(=O)[C@H](CCC(=O)O)NC(=O)[C@H](CC(=O)O)NC(=O)[C@H](CC(C)C)NC(=O)[C@H](CO)NC(=O)[C@H](CO)NC(=O)[C@H](CS2)NC(=O)[C@H](C(C)C)NC1=O. The molecule has 3 aromatic rings. The van der Waals surface area contributed by atoms with Gasteiger partial charge in [-0.1, -0.05) is 82.3 Å². The largest absolute Gasteiger partial charge is 0.481 e. The second-order valence-corrected chi connectivity index (χ2v) is 35.5. The van der Waals surface area contributed by atoms with Crippen molar-refractivity contribution in [3.05, 3.63) is 71.9 Å². The van der Waals surface area contributed by atoms with Gasteiger partial charge in [0.25, 0.3) is 0 Å². The Hall–Kier alpha value is -15.0. The fraction of sp³-hybridized carbons (Fsp3) is 0.551. The Kier molecular flexibility index (Phi) is 48.4. The van der Waals surface area contributed by atoms with Crippen LogP contribution >= 0.6 is 11.8 Å². The van der Waals surface area contributed by atoms with Crippen molar-refractivity contribution in [3.63, 3.8) is 0 Å². The highest BCUT2D eigenvalue weighted by atomic mass is 32.2. The molecule has 2 aromatic carbocycles. The molecule has 6 rings (SSSR count). The number of ether oxygens (including phenoxy) is 2. The number of aliphatic hydroxyl groups is 5. The van der Waals surface area contributed by atoms with E-state index in [1.165, 1.54) is 30.5 Å². The third-order valence-corrected chi connectivity index (χ3v) is 24.0. The van der Waals surface area contributed by atoms with Crippen molar-refractivity contribution in [2.24, 2.45) is 17.6 Å². The van der Waals surface area contributed by atoms with E-state index in [1.54, 1.807) is 56.3 Å². The van der Waals surface area contributed by atoms with Crippen molar-refractivity contribution in [2.75, 3.05) is 85.7 Å². The Morgan fingerprint density at radius 1 is 0.462 bits per heavy atom. The van der Waals surface area contributed by atoms with Crippen molar-refractivity contribution in [3.8, 4) is 0 Å². The molecule has 0 spiro atoms. The fourth-order valence-electron chi connectivity index (χ4n) is 15.2. The third kappa shape index (κ3) is 37.3. The molecule has 3 aliphatic heterocycles. The zero-order valence-electron chi connectivity index (χ0n) is 80.1. The first-order chi connectivity index (χ1) is 68.8. The molecule has 3 aliphatic rings. The number of carbonyl (C=O) groups is 23. The van der Waals surface area contributed by atoms with Crippen LogP contribution in [-0.4, -0.2) is 369 Å². The van der Waals surface area contributed by atoms with Crippen molar-refractivity contribution in [1.29, 1.82) is 5.41 Å². The van der Waals surface area contributed by atoms with Gasteiger partial charge in [0.15, 0.2) is 5.96 Å². The Morgan fingerprint density at radius 2 is 0.917 bits per heavy atom.